The molecule has 1 aliphatic heterocycles. The molecule has 3 heterocycles. The van der Waals surface area contributed by atoms with E-state index in [4.69, 9.17) is 26.2 Å². The van der Waals surface area contributed by atoms with Crippen LogP contribution in [-0.2, 0) is 24.4 Å². The molecule has 1 N–H and O–H groups in total. The summed E-state index contributed by atoms with van der Waals surface area (Å²) in [6, 6.07) is 14.1. The van der Waals surface area contributed by atoms with Gasteiger partial charge in [0.25, 0.3) is 0 Å². The molecule has 1 saturated heterocycles. The van der Waals surface area contributed by atoms with Crippen LogP contribution in [0.25, 0.3) is 11.0 Å². The van der Waals surface area contributed by atoms with Crippen molar-refractivity contribution < 1.29 is 32.5 Å². The van der Waals surface area contributed by atoms with Gasteiger partial charge in [-0.3, -0.25) is 9.13 Å². The second-order valence-electron chi connectivity index (χ2n) is 8.35. The molecule has 194 valence electrons. The SMILES string of the molecule is CC1OC1(c1ccc2c(c1)n(C)c(=O)n2C)C(F)(F)F.O=C(O)c1ccc(Oc2cccc(Cl)c2)nc1. The van der Waals surface area contributed by atoms with E-state index in [1.54, 1.807) is 31.3 Å². The number of aryl methyl sites for hydroxylation is 2. The van der Waals surface area contributed by atoms with E-state index >= 15 is 0 Å². The molecule has 0 spiro atoms. The summed E-state index contributed by atoms with van der Waals surface area (Å²) in [6.07, 6.45) is -4.16. The number of ether oxygens (including phenoxy) is 2. The molecule has 2 aromatic heterocycles. The third-order valence-electron chi connectivity index (χ3n) is 6.00. The molecule has 4 aromatic rings. The topological polar surface area (TPSA) is 98.9 Å². The van der Waals surface area contributed by atoms with Crippen molar-refractivity contribution in [3.63, 3.8) is 0 Å². The van der Waals surface area contributed by atoms with Crippen molar-refractivity contribution >= 4 is 28.6 Å². The van der Waals surface area contributed by atoms with E-state index in [1.807, 2.05) is 0 Å². The lowest BCUT2D eigenvalue weighted by Crippen LogP contribution is -2.32. The summed E-state index contributed by atoms with van der Waals surface area (Å²) < 4.78 is 52.7. The van der Waals surface area contributed by atoms with Crippen molar-refractivity contribution in [3.8, 4) is 11.6 Å². The van der Waals surface area contributed by atoms with Gasteiger partial charge >= 0.3 is 17.8 Å². The van der Waals surface area contributed by atoms with Crippen LogP contribution in [0.4, 0.5) is 13.2 Å². The number of alkyl halides is 3. The molecular formula is C25H21ClF3N3O5. The summed E-state index contributed by atoms with van der Waals surface area (Å²) >= 11 is 5.80. The Balaban J connectivity index is 0.000000176. The average molecular weight is 536 g/mol. The highest BCUT2D eigenvalue weighted by atomic mass is 35.5. The fourth-order valence-corrected chi connectivity index (χ4v) is 4.15. The van der Waals surface area contributed by atoms with Crippen molar-refractivity contribution in [1.82, 2.24) is 14.1 Å². The summed E-state index contributed by atoms with van der Waals surface area (Å²) in [5, 5.41) is 9.26. The van der Waals surface area contributed by atoms with Gasteiger partial charge in [0, 0.05) is 31.4 Å². The Morgan fingerprint density at radius 3 is 2.32 bits per heavy atom. The van der Waals surface area contributed by atoms with E-state index in [0.717, 1.165) is 0 Å². The van der Waals surface area contributed by atoms with Crippen molar-refractivity contribution in [2.75, 3.05) is 0 Å². The summed E-state index contributed by atoms with van der Waals surface area (Å²) in [4.78, 5) is 26.3. The van der Waals surface area contributed by atoms with Crippen LogP contribution in [0.15, 0.2) is 65.6 Å². The molecule has 0 amide bonds. The number of fused-ring (bicyclic) bond motifs is 1. The number of aromatic carboxylic acids is 1. The largest absolute Gasteiger partial charge is 0.478 e. The second kappa shape index (κ2) is 9.56. The van der Waals surface area contributed by atoms with E-state index in [9.17, 15) is 22.8 Å². The minimum atomic E-state index is -4.48. The Labute approximate surface area is 213 Å². The third-order valence-corrected chi connectivity index (χ3v) is 6.24. The van der Waals surface area contributed by atoms with Gasteiger partial charge in [0.05, 0.1) is 22.7 Å². The predicted molar refractivity (Wildman–Crippen MR) is 129 cm³/mol. The van der Waals surface area contributed by atoms with Crippen LogP contribution in [-0.4, -0.2) is 37.5 Å². The first kappa shape index (κ1) is 26.2. The van der Waals surface area contributed by atoms with Gasteiger partial charge in [0.15, 0.2) is 0 Å². The van der Waals surface area contributed by atoms with Gasteiger partial charge in [-0.05, 0) is 48.9 Å². The van der Waals surface area contributed by atoms with Crippen LogP contribution in [0.2, 0.25) is 5.02 Å². The van der Waals surface area contributed by atoms with Crippen molar-refractivity contribution in [3.05, 3.63) is 87.4 Å². The maximum atomic E-state index is 13.2. The molecular weight excluding hydrogens is 515 g/mol. The van der Waals surface area contributed by atoms with Crippen LogP contribution in [0.1, 0.15) is 22.8 Å². The third kappa shape index (κ3) is 4.92. The highest BCUT2D eigenvalue weighted by molar-refractivity contribution is 6.30. The van der Waals surface area contributed by atoms with Gasteiger partial charge in [-0.2, -0.15) is 13.2 Å². The van der Waals surface area contributed by atoms with E-state index < -0.39 is 23.9 Å². The molecule has 12 heteroatoms. The lowest BCUT2D eigenvalue weighted by Gasteiger charge is -2.17. The number of nitrogens with zero attached hydrogens (tertiary/aromatic N) is 3. The lowest BCUT2D eigenvalue weighted by atomic mass is 9.95. The number of halogens is 4. The van der Waals surface area contributed by atoms with Gasteiger partial charge < -0.3 is 14.6 Å². The molecule has 0 bridgehead atoms. The molecule has 0 aliphatic carbocycles. The van der Waals surface area contributed by atoms with Gasteiger partial charge in [0.1, 0.15) is 5.75 Å². The zero-order valence-electron chi connectivity index (χ0n) is 19.8. The molecule has 2 atom stereocenters. The first-order chi connectivity index (χ1) is 17.3. The number of epoxide rings is 1. The molecule has 1 aliphatic rings. The number of carboxylic acids is 1. The minimum Gasteiger partial charge on any atom is -0.478 e. The maximum absolute atomic E-state index is 13.2. The van der Waals surface area contributed by atoms with Gasteiger partial charge in [0.2, 0.25) is 11.5 Å². The summed E-state index contributed by atoms with van der Waals surface area (Å²) in [7, 11) is 3.12. The number of hydrogen-bond donors (Lipinski definition) is 1. The Morgan fingerprint density at radius 2 is 1.78 bits per heavy atom. The molecule has 8 nitrogen and oxygen atoms in total. The summed E-state index contributed by atoms with van der Waals surface area (Å²) in [6.45, 7) is 1.39. The van der Waals surface area contributed by atoms with Crippen LogP contribution in [0.5, 0.6) is 11.6 Å². The minimum absolute atomic E-state index is 0.0335. The number of rotatable bonds is 4. The molecule has 2 aromatic carbocycles. The molecule has 37 heavy (non-hydrogen) atoms. The molecule has 0 saturated carbocycles. The van der Waals surface area contributed by atoms with Crippen molar-refractivity contribution in [2.45, 2.75) is 24.8 Å². The average Bonchev–Trinajstić information content (AvgIpc) is 3.50. The number of hydrogen-bond acceptors (Lipinski definition) is 5. The monoisotopic (exact) mass is 535 g/mol. The Kier molecular flexibility index (Phi) is 6.78. The fraction of sp³-hybridized carbons (Fsp3) is 0.240. The lowest BCUT2D eigenvalue weighted by molar-refractivity contribution is -0.187. The number of pyridine rings is 1. The first-order valence-corrected chi connectivity index (χ1v) is 11.3. The number of imidazole rings is 1. The summed E-state index contributed by atoms with van der Waals surface area (Å²) in [5.41, 5.74) is -1.32. The van der Waals surface area contributed by atoms with Crippen LogP contribution in [0, 0.1) is 0 Å². The summed E-state index contributed by atoms with van der Waals surface area (Å²) in [5.74, 6) is -0.155. The van der Waals surface area contributed by atoms with Crippen LogP contribution >= 0.6 is 11.6 Å². The van der Waals surface area contributed by atoms with Crippen LogP contribution in [0.3, 0.4) is 0 Å². The highest BCUT2D eigenvalue weighted by Crippen LogP contribution is 2.57. The standard InChI is InChI=1S/C13H13F3N2O2.C12H8ClNO3/c1-7-12(20-7,13(14,15)16)8-4-5-9-10(6-8)18(3)11(19)17(9)2;13-9-2-1-3-10(6-9)17-11-5-4-8(7-14-11)12(15)16/h4-7H,1-3H3;1-7H,(H,15,16). The molecule has 5 rings (SSSR count). The maximum Gasteiger partial charge on any atom is 0.424 e. The Morgan fingerprint density at radius 1 is 1.11 bits per heavy atom. The first-order valence-electron chi connectivity index (χ1n) is 10.9. The molecule has 0 radical (unpaired) electrons. The number of benzene rings is 2. The van der Waals surface area contributed by atoms with Gasteiger partial charge in [-0.15, -0.1) is 0 Å². The van der Waals surface area contributed by atoms with E-state index in [1.165, 1.54) is 59.6 Å². The quantitative estimate of drug-likeness (QED) is 0.357. The zero-order valence-corrected chi connectivity index (χ0v) is 20.5. The Bertz CT molecular complexity index is 1530. The Hall–Kier alpha value is -3.83. The van der Waals surface area contributed by atoms with E-state index in [0.29, 0.717) is 27.7 Å². The fourth-order valence-electron chi connectivity index (χ4n) is 3.96. The normalized spacial score (nSPS) is 18.7. The van der Waals surface area contributed by atoms with E-state index in [2.05, 4.69) is 4.98 Å². The highest BCUT2D eigenvalue weighted by Gasteiger charge is 2.72. The van der Waals surface area contributed by atoms with Gasteiger partial charge in [-0.25, -0.2) is 14.6 Å². The zero-order chi connectivity index (χ0) is 27.1. The predicted octanol–water partition coefficient (Wildman–Crippen LogP) is 5.28. The van der Waals surface area contributed by atoms with Crippen LogP contribution < -0.4 is 10.4 Å². The van der Waals surface area contributed by atoms with E-state index in [-0.39, 0.29) is 16.8 Å². The number of carboxylic acid groups (broad SMARTS) is 1. The molecule has 2 unspecified atom stereocenters. The number of aromatic nitrogens is 3. The number of carbonyl (C=O) groups is 1. The van der Waals surface area contributed by atoms with Gasteiger partial charge in [-0.1, -0.05) is 23.7 Å². The second-order valence-corrected chi connectivity index (χ2v) is 8.78. The smallest absolute Gasteiger partial charge is 0.424 e. The van der Waals surface area contributed by atoms with Crippen molar-refractivity contribution in [2.24, 2.45) is 14.1 Å². The van der Waals surface area contributed by atoms with Crippen molar-refractivity contribution in [1.29, 1.82) is 0 Å². The molecule has 1 fully saturated rings.